The first kappa shape index (κ1) is 20.8. The molecule has 3 aromatic rings. The topological polar surface area (TPSA) is 55.2 Å². The number of aromatic nitrogens is 2. The maximum Gasteiger partial charge on any atom is 0.243 e. The molecule has 0 fully saturated rings. The second kappa shape index (κ2) is 8.59. The van der Waals surface area contributed by atoms with Gasteiger partial charge < -0.3 is 0 Å². The molecule has 0 N–H and O–H groups in total. The molecule has 3 rings (SSSR count). The molecule has 28 heavy (non-hydrogen) atoms. The second-order valence-electron chi connectivity index (χ2n) is 6.66. The van der Waals surface area contributed by atoms with E-state index in [1.165, 1.54) is 16.4 Å². The van der Waals surface area contributed by atoms with Crippen LogP contribution >= 0.6 is 11.6 Å². The fourth-order valence-corrected chi connectivity index (χ4v) is 5.06. The Balaban J connectivity index is 1.98. The minimum atomic E-state index is -3.59. The summed E-state index contributed by atoms with van der Waals surface area (Å²) in [7, 11) is -3.59. The van der Waals surface area contributed by atoms with E-state index in [2.05, 4.69) is 5.10 Å². The Labute approximate surface area is 169 Å². The zero-order valence-electron chi connectivity index (χ0n) is 15.9. The highest BCUT2D eigenvalue weighted by atomic mass is 35.5. The van der Waals surface area contributed by atoms with Gasteiger partial charge in [0.2, 0.25) is 10.0 Å². The molecule has 0 unspecified atom stereocenters. The molecular formula is C20H23ClFN3O2S. The van der Waals surface area contributed by atoms with E-state index in [1.54, 1.807) is 35.0 Å². The van der Waals surface area contributed by atoms with E-state index in [9.17, 15) is 12.8 Å². The Morgan fingerprint density at radius 1 is 1.07 bits per heavy atom. The van der Waals surface area contributed by atoms with Crippen molar-refractivity contribution in [2.75, 3.05) is 13.1 Å². The molecule has 0 spiro atoms. The van der Waals surface area contributed by atoms with Gasteiger partial charge in [0, 0.05) is 18.5 Å². The molecule has 0 saturated carbocycles. The van der Waals surface area contributed by atoms with E-state index >= 15 is 0 Å². The van der Waals surface area contributed by atoms with Crippen molar-refractivity contribution in [1.29, 1.82) is 0 Å². The molecule has 8 heteroatoms. The smallest absolute Gasteiger partial charge is 0.243 e. The maximum atomic E-state index is 13.1. The molecule has 0 aliphatic carbocycles. The molecule has 0 atom stereocenters. The van der Waals surface area contributed by atoms with E-state index in [-0.39, 0.29) is 15.9 Å². The normalized spacial score (nSPS) is 12.2. The number of rotatable bonds is 8. The lowest BCUT2D eigenvalue weighted by atomic mass is 10.2. The Morgan fingerprint density at radius 3 is 2.32 bits per heavy atom. The molecule has 2 aromatic carbocycles. The second-order valence-corrected chi connectivity index (χ2v) is 8.95. The summed E-state index contributed by atoms with van der Waals surface area (Å²) < 4.78 is 42.3. The lowest BCUT2D eigenvalue weighted by Gasteiger charge is -2.21. The molecule has 5 nitrogen and oxygen atoms in total. The minimum Gasteiger partial charge on any atom is -0.259 e. The average Bonchev–Trinajstić information content (AvgIpc) is 2.98. The number of hydrogen-bond donors (Lipinski definition) is 0. The lowest BCUT2D eigenvalue weighted by molar-refractivity contribution is 0.410. The van der Waals surface area contributed by atoms with Crippen molar-refractivity contribution in [2.45, 2.75) is 38.1 Å². The van der Waals surface area contributed by atoms with Crippen molar-refractivity contribution in [2.24, 2.45) is 0 Å². The van der Waals surface area contributed by atoms with Crippen LogP contribution in [-0.4, -0.2) is 35.6 Å². The van der Waals surface area contributed by atoms with Gasteiger partial charge in [0.15, 0.2) is 5.15 Å². The third kappa shape index (κ3) is 4.21. The number of fused-ring (bicyclic) bond motifs is 1. The number of nitrogens with zero attached hydrogens (tertiary/aromatic N) is 3. The summed E-state index contributed by atoms with van der Waals surface area (Å²) in [5, 5.41) is 5.15. The summed E-state index contributed by atoms with van der Waals surface area (Å²) in [4.78, 5) is 0.213. The molecule has 0 amide bonds. The fraction of sp³-hybridized carbons (Fsp3) is 0.350. The summed E-state index contributed by atoms with van der Waals surface area (Å²) in [5.74, 6) is -0.300. The Kier molecular flexibility index (Phi) is 6.37. The minimum absolute atomic E-state index is 0.213. The molecule has 0 aliphatic rings. The van der Waals surface area contributed by atoms with Crippen LogP contribution in [0, 0.1) is 5.82 Å². The highest BCUT2D eigenvalue weighted by Crippen LogP contribution is 2.28. The van der Waals surface area contributed by atoms with Crippen LogP contribution in [0.4, 0.5) is 4.39 Å². The first-order valence-corrected chi connectivity index (χ1v) is 11.1. The molecule has 150 valence electrons. The van der Waals surface area contributed by atoms with Crippen molar-refractivity contribution in [3.05, 3.63) is 59.0 Å². The quantitative estimate of drug-likeness (QED) is 0.528. The molecule has 0 radical (unpaired) electrons. The fourth-order valence-electron chi connectivity index (χ4n) is 3.16. The van der Waals surface area contributed by atoms with E-state index in [1.807, 2.05) is 13.8 Å². The lowest BCUT2D eigenvalue weighted by Crippen LogP contribution is -2.32. The highest BCUT2D eigenvalue weighted by molar-refractivity contribution is 7.89. The molecule has 1 heterocycles. The molecule has 0 saturated heterocycles. The Bertz CT molecular complexity index is 1060. The zero-order valence-corrected chi connectivity index (χ0v) is 17.5. The maximum absolute atomic E-state index is 13.1. The van der Waals surface area contributed by atoms with Gasteiger partial charge in [0.1, 0.15) is 5.82 Å². The molecule has 0 aliphatic heterocycles. The Hall–Kier alpha value is -1.96. The van der Waals surface area contributed by atoms with Gasteiger partial charge in [-0.3, -0.25) is 4.68 Å². The Morgan fingerprint density at radius 2 is 1.71 bits per heavy atom. The van der Waals surface area contributed by atoms with Gasteiger partial charge in [-0.15, -0.1) is 0 Å². The van der Waals surface area contributed by atoms with Gasteiger partial charge in [0.25, 0.3) is 0 Å². The van der Waals surface area contributed by atoms with Gasteiger partial charge >= 0.3 is 0 Å². The summed E-state index contributed by atoms with van der Waals surface area (Å²) in [6.07, 6.45) is 1.50. The van der Waals surface area contributed by atoms with Crippen LogP contribution in [0.5, 0.6) is 0 Å². The van der Waals surface area contributed by atoms with Crippen molar-refractivity contribution in [1.82, 2.24) is 14.1 Å². The van der Waals surface area contributed by atoms with Crippen LogP contribution in [0.1, 0.15) is 32.3 Å². The summed E-state index contributed by atoms with van der Waals surface area (Å²) in [6, 6.07) is 11.0. The SMILES string of the molecule is CCCN(CCC)S(=O)(=O)c1ccc2c(c1)c(Cl)nn2Cc1ccc(F)cc1. The van der Waals surface area contributed by atoms with E-state index in [4.69, 9.17) is 11.6 Å². The van der Waals surface area contributed by atoms with E-state index in [0.29, 0.717) is 25.0 Å². The van der Waals surface area contributed by atoms with Gasteiger partial charge in [-0.05, 0) is 48.7 Å². The monoisotopic (exact) mass is 423 g/mol. The molecule has 0 bridgehead atoms. The zero-order chi connectivity index (χ0) is 20.3. The van der Waals surface area contributed by atoms with Crippen molar-refractivity contribution in [3.8, 4) is 0 Å². The van der Waals surface area contributed by atoms with Crippen molar-refractivity contribution in [3.63, 3.8) is 0 Å². The first-order valence-electron chi connectivity index (χ1n) is 9.27. The predicted octanol–water partition coefficient (Wildman–Crippen LogP) is 4.69. The predicted molar refractivity (Wildman–Crippen MR) is 110 cm³/mol. The van der Waals surface area contributed by atoms with Gasteiger partial charge in [0.05, 0.1) is 17.0 Å². The average molecular weight is 424 g/mol. The van der Waals surface area contributed by atoms with E-state index < -0.39 is 10.0 Å². The van der Waals surface area contributed by atoms with Crippen molar-refractivity contribution < 1.29 is 12.8 Å². The van der Waals surface area contributed by atoms with Crippen LogP contribution in [-0.2, 0) is 16.6 Å². The first-order chi connectivity index (χ1) is 13.4. The summed E-state index contributed by atoms with van der Waals surface area (Å²) in [6.45, 7) is 5.28. The number of sulfonamides is 1. The summed E-state index contributed by atoms with van der Waals surface area (Å²) in [5.41, 5.74) is 1.60. The number of halogens is 2. The van der Waals surface area contributed by atoms with Crippen LogP contribution in [0.3, 0.4) is 0 Å². The molecular weight excluding hydrogens is 401 g/mol. The van der Waals surface area contributed by atoms with Crippen LogP contribution in [0.15, 0.2) is 47.4 Å². The van der Waals surface area contributed by atoms with Crippen LogP contribution in [0.25, 0.3) is 10.9 Å². The summed E-state index contributed by atoms with van der Waals surface area (Å²) >= 11 is 6.29. The van der Waals surface area contributed by atoms with Gasteiger partial charge in [-0.2, -0.15) is 9.40 Å². The number of benzene rings is 2. The van der Waals surface area contributed by atoms with Crippen LogP contribution in [0.2, 0.25) is 5.15 Å². The van der Waals surface area contributed by atoms with Gasteiger partial charge in [-0.1, -0.05) is 37.6 Å². The largest absolute Gasteiger partial charge is 0.259 e. The standard InChI is InChI=1S/C20H23ClFN3O2S/c1-3-11-24(12-4-2)28(26,27)17-9-10-19-18(13-17)20(21)23-25(19)14-15-5-7-16(22)8-6-15/h5-10,13H,3-4,11-12,14H2,1-2H3. The third-order valence-corrected chi connectivity index (χ3v) is 6.68. The van der Waals surface area contributed by atoms with Crippen molar-refractivity contribution >= 4 is 32.5 Å². The third-order valence-electron chi connectivity index (χ3n) is 4.51. The van der Waals surface area contributed by atoms with Gasteiger partial charge in [-0.25, -0.2) is 12.8 Å². The van der Waals surface area contributed by atoms with Crippen LogP contribution < -0.4 is 0 Å². The number of hydrogen-bond acceptors (Lipinski definition) is 3. The highest BCUT2D eigenvalue weighted by Gasteiger charge is 2.24. The molecule has 1 aromatic heterocycles. The van der Waals surface area contributed by atoms with E-state index in [0.717, 1.165) is 23.9 Å².